The summed E-state index contributed by atoms with van der Waals surface area (Å²) in [5, 5.41) is 9.07. The molecule has 0 aromatic heterocycles. The number of carbonyl (C=O) groups is 3. The number of carboxylic acids is 1. The van der Waals surface area contributed by atoms with Crippen molar-refractivity contribution in [2.24, 2.45) is 0 Å². The van der Waals surface area contributed by atoms with Gasteiger partial charge in [-0.15, -0.1) is 0 Å². The number of nitrogens with zero attached hydrogens (tertiary/aromatic N) is 1. The van der Waals surface area contributed by atoms with E-state index in [0.717, 1.165) is 0 Å². The number of anilines is 1. The molecule has 6 heteroatoms. The van der Waals surface area contributed by atoms with Crippen LogP contribution in [-0.4, -0.2) is 36.6 Å². The Morgan fingerprint density at radius 1 is 1.20 bits per heavy atom. The second kappa shape index (κ2) is 7.28. The van der Waals surface area contributed by atoms with Gasteiger partial charge >= 0.3 is 11.9 Å². The SMILES string of the molecule is CCOC(=O)CCC(=O)N(C)c1ccccc1C(=O)O. The monoisotopic (exact) mass is 279 g/mol. The summed E-state index contributed by atoms with van der Waals surface area (Å²) in [5.74, 6) is -1.89. The van der Waals surface area contributed by atoms with E-state index in [9.17, 15) is 14.4 Å². The highest BCUT2D eigenvalue weighted by molar-refractivity contribution is 6.02. The third kappa shape index (κ3) is 4.08. The third-order valence-corrected chi connectivity index (χ3v) is 2.72. The van der Waals surface area contributed by atoms with E-state index in [2.05, 4.69) is 0 Å². The lowest BCUT2D eigenvalue weighted by Gasteiger charge is -2.19. The minimum atomic E-state index is -1.11. The van der Waals surface area contributed by atoms with Gasteiger partial charge in [0.2, 0.25) is 5.91 Å². The molecule has 0 heterocycles. The number of para-hydroxylation sites is 1. The summed E-state index contributed by atoms with van der Waals surface area (Å²) in [5.41, 5.74) is 0.341. The fraction of sp³-hybridized carbons (Fsp3) is 0.357. The fourth-order valence-corrected chi connectivity index (χ4v) is 1.69. The van der Waals surface area contributed by atoms with E-state index >= 15 is 0 Å². The first-order valence-corrected chi connectivity index (χ1v) is 6.21. The average molecular weight is 279 g/mol. The van der Waals surface area contributed by atoms with Crippen LogP contribution in [0.25, 0.3) is 0 Å². The van der Waals surface area contributed by atoms with Gasteiger partial charge in [0.1, 0.15) is 0 Å². The van der Waals surface area contributed by atoms with E-state index < -0.39 is 11.9 Å². The molecule has 1 amide bonds. The van der Waals surface area contributed by atoms with Crippen molar-refractivity contribution in [3.8, 4) is 0 Å². The fourth-order valence-electron chi connectivity index (χ4n) is 1.69. The van der Waals surface area contributed by atoms with E-state index in [-0.39, 0.29) is 30.9 Å². The molecule has 0 atom stereocenters. The molecule has 0 aliphatic rings. The highest BCUT2D eigenvalue weighted by Crippen LogP contribution is 2.20. The van der Waals surface area contributed by atoms with Crippen molar-refractivity contribution < 1.29 is 24.2 Å². The maximum absolute atomic E-state index is 12.0. The molecule has 20 heavy (non-hydrogen) atoms. The van der Waals surface area contributed by atoms with Crippen molar-refractivity contribution in [1.82, 2.24) is 0 Å². The second-order valence-electron chi connectivity index (χ2n) is 4.08. The van der Waals surface area contributed by atoms with Gasteiger partial charge in [-0.1, -0.05) is 12.1 Å². The maximum atomic E-state index is 12.0. The molecular formula is C14H17NO5. The van der Waals surface area contributed by atoms with Crippen molar-refractivity contribution >= 4 is 23.5 Å². The molecule has 0 radical (unpaired) electrons. The number of carbonyl (C=O) groups excluding carboxylic acids is 2. The molecule has 108 valence electrons. The van der Waals surface area contributed by atoms with E-state index in [0.29, 0.717) is 5.69 Å². The Bertz CT molecular complexity index is 512. The average Bonchev–Trinajstić information content (AvgIpc) is 2.44. The molecule has 1 N–H and O–H groups in total. The Morgan fingerprint density at radius 3 is 2.45 bits per heavy atom. The Morgan fingerprint density at radius 2 is 1.85 bits per heavy atom. The van der Waals surface area contributed by atoms with Crippen molar-refractivity contribution in [1.29, 1.82) is 0 Å². The van der Waals surface area contributed by atoms with Crippen molar-refractivity contribution in [2.75, 3.05) is 18.6 Å². The maximum Gasteiger partial charge on any atom is 0.337 e. The van der Waals surface area contributed by atoms with Crippen molar-refractivity contribution in [3.63, 3.8) is 0 Å². The molecule has 0 aliphatic carbocycles. The number of esters is 1. The number of aromatic carboxylic acids is 1. The van der Waals surface area contributed by atoms with Crippen LogP contribution in [0.2, 0.25) is 0 Å². The van der Waals surface area contributed by atoms with Crippen molar-refractivity contribution in [3.05, 3.63) is 29.8 Å². The zero-order valence-electron chi connectivity index (χ0n) is 11.5. The first-order chi connectivity index (χ1) is 9.47. The summed E-state index contributed by atoms with van der Waals surface area (Å²) in [6.45, 7) is 1.96. The molecular weight excluding hydrogens is 262 g/mol. The summed E-state index contributed by atoms with van der Waals surface area (Å²) in [6.07, 6.45) is -0.0461. The van der Waals surface area contributed by atoms with Gasteiger partial charge < -0.3 is 14.7 Å². The van der Waals surface area contributed by atoms with Crippen molar-refractivity contribution in [2.45, 2.75) is 19.8 Å². The van der Waals surface area contributed by atoms with Crippen LogP contribution in [0.3, 0.4) is 0 Å². The van der Waals surface area contributed by atoms with Gasteiger partial charge in [-0.05, 0) is 19.1 Å². The van der Waals surface area contributed by atoms with Crippen LogP contribution in [0.5, 0.6) is 0 Å². The topological polar surface area (TPSA) is 83.9 Å². The quantitative estimate of drug-likeness (QED) is 0.801. The number of hydrogen-bond donors (Lipinski definition) is 1. The highest BCUT2D eigenvalue weighted by Gasteiger charge is 2.18. The minimum Gasteiger partial charge on any atom is -0.478 e. The summed E-state index contributed by atoms with van der Waals surface area (Å²) < 4.78 is 4.74. The van der Waals surface area contributed by atoms with Gasteiger partial charge in [0.25, 0.3) is 0 Å². The third-order valence-electron chi connectivity index (χ3n) is 2.72. The molecule has 0 saturated carbocycles. The van der Waals surface area contributed by atoms with Gasteiger partial charge in [0, 0.05) is 13.5 Å². The van der Waals surface area contributed by atoms with Crippen LogP contribution < -0.4 is 4.90 Å². The lowest BCUT2D eigenvalue weighted by atomic mass is 10.1. The van der Waals surface area contributed by atoms with Crippen LogP contribution >= 0.6 is 0 Å². The molecule has 0 fully saturated rings. The molecule has 0 saturated heterocycles. The van der Waals surface area contributed by atoms with Gasteiger partial charge in [0.15, 0.2) is 0 Å². The summed E-state index contributed by atoms with van der Waals surface area (Å²) in [6, 6.07) is 6.21. The molecule has 0 unspecified atom stereocenters. The summed E-state index contributed by atoms with van der Waals surface area (Å²) in [4.78, 5) is 35.5. The Kier molecular flexibility index (Phi) is 5.71. The molecule has 1 aromatic rings. The van der Waals surface area contributed by atoms with Gasteiger partial charge in [-0.2, -0.15) is 0 Å². The molecule has 6 nitrogen and oxygen atoms in total. The van der Waals surface area contributed by atoms with E-state index in [1.54, 1.807) is 25.1 Å². The predicted molar refractivity (Wildman–Crippen MR) is 72.7 cm³/mol. The lowest BCUT2D eigenvalue weighted by molar-refractivity contribution is -0.144. The minimum absolute atomic E-state index is 0.0216. The first kappa shape index (κ1) is 15.7. The zero-order valence-corrected chi connectivity index (χ0v) is 11.5. The van der Waals surface area contributed by atoms with Crippen LogP contribution in [-0.2, 0) is 14.3 Å². The van der Waals surface area contributed by atoms with E-state index in [1.165, 1.54) is 18.0 Å². The number of ether oxygens (including phenoxy) is 1. The number of benzene rings is 1. The van der Waals surface area contributed by atoms with E-state index in [1.807, 2.05) is 0 Å². The van der Waals surface area contributed by atoms with Gasteiger partial charge in [0.05, 0.1) is 24.3 Å². The summed E-state index contributed by atoms with van der Waals surface area (Å²) in [7, 11) is 1.48. The van der Waals surface area contributed by atoms with Crippen LogP contribution in [0.15, 0.2) is 24.3 Å². The number of rotatable bonds is 6. The smallest absolute Gasteiger partial charge is 0.337 e. The Labute approximate surface area is 117 Å². The molecule has 1 rings (SSSR count). The predicted octanol–water partition coefficient (Wildman–Crippen LogP) is 1.69. The Hall–Kier alpha value is -2.37. The normalized spacial score (nSPS) is 9.90. The molecule has 0 bridgehead atoms. The second-order valence-corrected chi connectivity index (χ2v) is 4.08. The van der Waals surface area contributed by atoms with Crippen LogP contribution in [0, 0.1) is 0 Å². The number of carboxylic acid groups (broad SMARTS) is 1. The zero-order chi connectivity index (χ0) is 15.1. The standard InChI is InChI=1S/C14H17NO5/c1-3-20-13(17)9-8-12(16)15(2)11-7-5-4-6-10(11)14(18)19/h4-7H,3,8-9H2,1-2H3,(H,18,19). The van der Waals surface area contributed by atoms with E-state index in [4.69, 9.17) is 9.84 Å². The largest absolute Gasteiger partial charge is 0.478 e. The molecule has 0 spiro atoms. The van der Waals surface area contributed by atoms with Crippen LogP contribution in [0.4, 0.5) is 5.69 Å². The van der Waals surface area contributed by atoms with Gasteiger partial charge in [-0.3, -0.25) is 9.59 Å². The van der Waals surface area contributed by atoms with Crippen LogP contribution in [0.1, 0.15) is 30.1 Å². The Balaban J connectivity index is 2.75. The number of hydrogen-bond acceptors (Lipinski definition) is 4. The molecule has 1 aromatic carbocycles. The highest BCUT2D eigenvalue weighted by atomic mass is 16.5. The number of amides is 1. The first-order valence-electron chi connectivity index (χ1n) is 6.21. The van der Waals surface area contributed by atoms with Gasteiger partial charge in [-0.25, -0.2) is 4.79 Å². The summed E-state index contributed by atoms with van der Waals surface area (Å²) >= 11 is 0. The molecule has 0 aliphatic heterocycles. The lowest BCUT2D eigenvalue weighted by Crippen LogP contribution is -2.28.